The molecule has 2 aromatic rings. The highest BCUT2D eigenvalue weighted by Gasteiger charge is 2.20. The summed E-state index contributed by atoms with van der Waals surface area (Å²) in [4.78, 5) is 27.3. The quantitative estimate of drug-likeness (QED) is 0.840. The van der Waals surface area contributed by atoms with Gasteiger partial charge in [0.05, 0.1) is 5.56 Å². The zero-order valence-electron chi connectivity index (χ0n) is 10.4. The lowest BCUT2D eigenvalue weighted by Crippen LogP contribution is -2.37. The average molecular weight is 290 g/mol. The van der Waals surface area contributed by atoms with Crippen molar-refractivity contribution in [3.8, 4) is 0 Å². The van der Waals surface area contributed by atoms with Crippen LogP contribution in [-0.2, 0) is 4.79 Å². The van der Waals surface area contributed by atoms with Crippen LogP contribution in [-0.4, -0.2) is 16.8 Å². The van der Waals surface area contributed by atoms with Crippen LogP contribution in [0.25, 0.3) is 0 Å². The summed E-state index contributed by atoms with van der Waals surface area (Å²) in [6, 6.07) is 10.9. The first-order chi connectivity index (χ1) is 9.58. The van der Waals surface area contributed by atoms with Gasteiger partial charge in [0.1, 0.15) is 11.2 Å². The van der Waals surface area contributed by atoms with Crippen molar-refractivity contribution in [2.24, 2.45) is 5.73 Å². The van der Waals surface area contributed by atoms with Gasteiger partial charge >= 0.3 is 0 Å². The molecule has 2 rings (SSSR count). The van der Waals surface area contributed by atoms with Gasteiger partial charge in [-0.25, -0.2) is 4.98 Å². The summed E-state index contributed by atoms with van der Waals surface area (Å²) in [5.41, 5.74) is 6.25. The minimum absolute atomic E-state index is 0.288. The average Bonchev–Trinajstić information content (AvgIpc) is 2.46. The number of nitrogens with zero attached hydrogens (tertiary/aromatic N) is 1. The number of halogens is 1. The number of hydrogen-bond acceptors (Lipinski definition) is 3. The monoisotopic (exact) mass is 289 g/mol. The van der Waals surface area contributed by atoms with Crippen LogP contribution in [0.3, 0.4) is 0 Å². The van der Waals surface area contributed by atoms with E-state index >= 15 is 0 Å². The molecule has 0 fully saturated rings. The Bertz CT molecular complexity index is 614. The highest BCUT2D eigenvalue weighted by Crippen LogP contribution is 2.13. The van der Waals surface area contributed by atoms with E-state index in [-0.39, 0.29) is 5.15 Å². The lowest BCUT2D eigenvalue weighted by atomic mass is 10.1. The van der Waals surface area contributed by atoms with Gasteiger partial charge in [-0.3, -0.25) is 9.59 Å². The van der Waals surface area contributed by atoms with Crippen molar-refractivity contribution in [3.63, 3.8) is 0 Å². The largest absolute Gasteiger partial charge is 0.368 e. The van der Waals surface area contributed by atoms with Crippen molar-refractivity contribution >= 4 is 23.4 Å². The third-order valence-electron chi connectivity index (χ3n) is 2.68. The Morgan fingerprint density at radius 3 is 2.40 bits per heavy atom. The predicted octanol–water partition coefficient (Wildman–Crippen LogP) is 1.69. The van der Waals surface area contributed by atoms with Gasteiger partial charge in [0.25, 0.3) is 5.91 Å². The Morgan fingerprint density at radius 2 is 1.85 bits per heavy atom. The van der Waals surface area contributed by atoms with Crippen molar-refractivity contribution < 1.29 is 9.59 Å². The number of primary amides is 1. The number of benzene rings is 1. The molecule has 1 heterocycles. The lowest BCUT2D eigenvalue weighted by Gasteiger charge is -2.15. The maximum Gasteiger partial charge on any atom is 0.253 e. The Hall–Kier alpha value is -2.40. The first-order valence-corrected chi connectivity index (χ1v) is 6.22. The van der Waals surface area contributed by atoms with E-state index in [4.69, 9.17) is 17.3 Å². The van der Waals surface area contributed by atoms with Gasteiger partial charge in [-0.15, -0.1) is 0 Å². The first kappa shape index (κ1) is 14.0. The van der Waals surface area contributed by atoms with Crippen molar-refractivity contribution in [1.29, 1.82) is 0 Å². The Kier molecular flexibility index (Phi) is 4.32. The Morgan fingerprint density at radius 1 is 1.15 bits per heavy atom. The van der Waals surface area contributed by atoms with Crippen LogP contribution in [0, 0.1) is 0 Å². The SMILES string of the molecule is NC(=O)C(NC(=O)c1ccc(Cl)nc1)c1ccccc1. The molecule has 1 atom stereocenters. The van der Waals surface area contributed by atoms with Crippen molar-refractivity contribution in [2.75, 3.05) is 0 Å². The van der Waals surface area contributed by atoms with Gasteiger partial charge in [-0.05, 0) is 17.7 Å². The number of amides is 2. The molecular weight excluding hydrogens is 278 g/mol. The normalized spacial score (nSPS) is 11.7. The second-order valence-electron chi connectivity index (χ2n) is 4.09. The summed E-state index contributed by atoms with van der Waals surface area (Å²) in [7, 11) is 0. The molecule has 2 amide bonds. The lowest BCUT2D eigenvalue weighted by molar-refractivity contribution is -0.120. The van der Waals surface area contributed by atoms with E-state index in [1.807, 2.05) is 6.07 Å². The first-order valence-electron chi connectivity index (χ1n) is 5.84. The minimum atomic E-state index is -0.889. The number of hydrogen-bond donors (Lipinski definition) is 2. The second-order valence-corrected chi connectivity index (χ2v) is 4.48. The number of carbonyl (C=O) groups is 2. The third-order valence-corrected chi connectivity index (χ3v) is 2.91. The smallest absolute Gasteiger partial charge is 0.253 e. The molecular formula is C14H12ClN3O2. The zero-order chi connectivity index (χ0) is 14.5. The van der Waals surface area contributed by atoms with Crippen molar-refractivity contribution in [1.82, 2.24) is 10.3 Å². The van der Waals surface area contributed by atoms with E-state index in [1.165, 1.54) is 18.3 Å². The third kappa shape index (κ3) is 3.33. The van der Waals surface area contributed by atoms with Gasteiger partial charge in [0, 0.05) is 6.20 Å². The summed E-state index contributed by atoms with van der Waals surface area (Å²) < 4.78 is 0. The van der Waals surface area contributed by atoms with Crippen LogP contribution < -0.4 is 11.1 Å². The maximum absolute atomic E-state index is 12.0. The molecule has 0 saturated carbocycles. The summed E-state index contributed by atoms with van der Waals surface area (Å²) >= 11 is 5.65. The van der Waals surface area contributed by atoms with Crippen LogP contribution >= 0.6 is 11.6 Å². The van der Waals surface area contributed by atoms with E-state index < -0.39 is 17.9 Å². The fourth-order valence-electron chi connectivity index (χ4n) is 1.69. The van der Waals surface area contributed by atoms with Crippen LogP contribution in [0.15, 0.2) is 48.7 Å². The highest BCUT2D eigenvalue weighted by molar-refractivity contribution is 6.29. The van der Waals surface area contributed by atoms with E-state index in [0.29, 0.717) is 11.1 Å². The van der Waals surface area contributed by atoms with E-state index in [1.54, 1.807) is 24.3 Å². The van der Waals surface area contributed by atoms with Crippen molar-refractivity contribution in [3.05, 3.63) is 64.9 Å². The van der Waals surface area contributed by atoms with Gasteiger partial charge in [-0.2, -0.15) is 0 Å². The molecule has 0 radical (unpaired) electrons. The van der Waals surface area contributed by atoms with Gasteiger partial charge in [0.15, 0.2) is 0 Å². The summed E-state index contributed by atoms with van der Waals surface area (Å²) in [5.74, 6) is -1.08. The number of aromatic nitrogens is 1. The van der Waals surface area contributed by atoms with Crippen LogP contribution in [0.5, 0.6) is 0 Å². The van der Waals surface area contributed by atoms with Gasteiger partial charge in [0.2, 0.25) is 5.91 Å². The molecule has 1 aromatic carbocycles. The van der Waals surface area contributed by atoms with Gasteiger partial charge in [-0.1, -0.05) is 41.9 Å². The molecule has 0 aliphatic carbocycles. The highest BCUT2D eigenvalue weighted by atomic mass is 35.5. The standard InChI is InChI=1S/C14H12ClN3O2/c15-11-7-6-10(8-17-11)14(20)18-12(13(16)19)9-4-2-1-3-5-9/h1-8,12H,(H2,16,19)(H,18,20). The predicted molar refractivity (Wildman–Crippen MR) is 75.1 cm³/mol. The fourth-order valence-corrected chi connectivity index (χ4v) is 1.80. The summed E-state index contributed by atoms with van der Waals surface area (Å²) in [6.07, 6.45) is 1.33. The molecule has 1 unspecified atom stereocenters. The number of nitrogens with one attached hydrogen (secondary N) is 1. The van der Waals surface area contributed by atoms with Crippen molar-refractivity contribution in [2.45, 2.75) is 6.04 Å². The molecule has 0 aliphatic rings. The maximum atomic E-state index is 12.0. The summed E-state index contributed by atoms with van der Waals surface area (Å²) in [5, 5.41) is 2.86. The molecule has 1 aromatic heterocycles. The van der Waals surface area contributed by atoms with Crippen LogP contribution in [0.2, 0.25) is 5.15 Å². The summed E-state index contributed by atoms with van der Waals surface area (Å²) in [6.45, 7) is 0. The topological polar surface area (TPSA) is 85.1 Å². The molecule has 6 heteroatoms. The van der Waals surface area contributed by atoms with Gasteiger partial charge < -0.3 is 11.1 Å². The minimum Gasteiger partial charge on any atom is -0.368 e. The zero-order valence-corrected chi connectivity index (χ0v) is 11.2. The van der Waals surface area contributed by atoms with E-state index in [2.05, 4.69) is 10.3 Å². The van der Waals surface area contributed by atoms with E-state index in [9.17, 15) is 9.59 Å². The Labute approximate surface area is 120 Å². The van der Waals surface area contributed by atoms with Crippen LogP contribution in [0.1, 0.15) is 22.0 Å². The molecule has 3 N–H and O–H groups in total. The number of rotatable bonds is 4. The molecule has 0 spiro atoms. The number of pyridine rings is 1. The fraction of sp³-hybridized carbons (Fsp3) is 0.0714. The molecule has 20 heavy (non-hydrogen) atoms. The Balaban J connectivity index is 2.19. The molecule has 0 aliphatic heterocycles. The molecule has 0 saturated heterocycles. The number of carbonyl (C=O) groups excluding carboxylic acids is 2. The van der Waals surface area contributed by atoms with Crippen LogP contribution in [0.4, 0.5) is 0 Å². The molecule has 102 valence electrons. The number of nitrogens with two attached hydrogens (primary N) is 1. The second kappa shape index (κ2) is 6.16. The van der Waals surface area contributed by atoms with E-state index in [0.717, 1.165) is 0 Å². The molecule has 0 bridgehead atoms. The molecule has 5 nitrogen and oxygen atoms in total.